The Morgan fingerprint density at radius 2 is 2.16 bits per heavy atom. The van der Waals surface area contributed by atoms with Crippen LogP contribution in [0.2, 0.25) is 0 Å². The molecule has 0 saturated heterocycles. The highest BCUT2D eigenvalue weighted by molar-refractivity contribution is 7.09. The van der Waals surface area contributed by atoms with Gasteiger partial charge in [-0.15, -0.1) is 11.3 Å². The van der Waals surface area contributed by atoms with E-state index in [9.17, 15) is 10.1 Å². The van der Waals surface area contributed by atoms with Gasteiger partial charge < -0.3 is 5.32 Å². The predicted molar refractivity (Wildman–Crippen MR) is 75.2 cm³/mol. The Kier molecular flexibility index (Phi) is 4.24. The van der Waals surface area contributed by atoms with Crippen LogP contribution in [0.1, 0.15) is 21.7 Å². The third kappa shape index (κ3) is 3.36. The fourth-order valence-electron chi connectivity index (χ4n) is 1.78. The van der Waals surface area contributed by atoms with Gasteiger partial charge in [-0.05, 0) is 19.4 Å². The van der Waals surface area contributed by atoms with Crippen molar-refractivity contribution in [2.45, 2.75) is 26.9 Å². The van der Waals surface area contributed by atoms with Crippen LogP contribution in [-0.2, 0) is 13.1 Å². The lowest BCUT2D eigenvalue weighted by molar-refractivity contribution is -0.385. The molecule has 0 atom stereocenters. The lowest BCUT2D eigenvalue weighted by Crippen LogP contribution is -2.12. The van der Waals surface area contributed by atoms with E-state index in [4.69, 9.17) is 0 Å². The molecule has 6 heteroatoms. The largest absolute Gasteiger partial charge is 0.308 e. The number of rotatable bonds is 5. The molecule has 1 aromatic carbocycles. The first kappa shape index (κ1) is 13.6. The number of benzene rings is 1. The molecule has 0 fully saturated rings. The minimum atomic E-state index is -0.341. The van der Waals surface area contributed by atoms with E-state index in [1.54, 1.807) is 30.4 Å². The van der Waals surface area contributed by atoms with E-state index in [1.165, 1.54) is 4.88 Å². The summed E-state index contributed by atoms with van der Waals surface area (Å²) in [6.07, 6.45) is 0. The second kappa shape index (κ2) is 5.90. The number of nitrogens with one attached hydrogen (secondary N) is 1. The van der Waals surface area contributed by atoms with Crippen LogP contribution in [0.15, 0.2) is 23.7 Å². The van der Waals surface area contributed by atoms with Crippen molar-refractivity contribution in [3.05, 3.63) is 55.5 Å². The Bertz CT molecular complexity index is 595. The molecule has 0 aliphatic carbocycles. The van der Waals surface area contributed by atoms with Crippen LogP contribution in [0.5, 0.6) is 0 Å². The maximum absolute atomic E-state index is 10.9. The van der Waals surface area contributed by atoms with Crippen molar-refractivity contribution < 1.29 is 4.92 Å². The van der Waals surface area contributed by atoms with Gasteiger partial charge >= 0.3 is 0 Å². The molecular formula is C13H15N3O2S. The molecule has 0 aliphatic heterocycles. The van der Waals surface area contributed by atoms with Gasteiger partial charge in [-0.2, -0.15) is 0 Å². The predicted octanol–water partition coefficient (Wildman–Crippen LogP) is 2.96. The molecule has 0 amide bonds. The van der Waals surface area contributed by atoms with E-state index in [0.717, 1.165) is 17.8 Å². The summed E-state index contributed by atoms with van der Waals surface area (Å²) in [4.78, 5) is 15.9. The van der Waals surface area contributed by atoms with Gasteiger partial charge in [0.05, 0.1) is 16.1 Å². The third-order valence-electron chi connectivity index (χ3n) is 2.93. The summed E-state index contributed by atoms with van der Waals surface area (Å²) in [6, 6.07) is 5.32. The maximum atomic E-state index is 10.9. The Balaban J connectivity index is 1.98. The van der Waals surface area contributed by atoms with Crippen LogP contribution >= 0.6 is 11.3 Å². The fourth-order valence-corrected chi connectivity index (χ4v) is 2.52. The number of aryl methyl sites for hydroxylation is 2. The topological polar surface area (TPSA) is 68.1 Å². The van der Waals surface area contributed by atoms with Gasteiger partial charge in [0.25, 0.3) is 5.69 Å². The van der Waals surface area contributed by atoms with Crippen molar-refractivity contribution in [3.63, 3.8) is 0 Å². The minimum Gasteiger partial charge on any atom is -0.308 e. The number of nitro benzene ring substituents is 1. The van der Waals surface area contributed by atoms with E-state index >= 15 is 0 Å². The van der Waals surface area contributed by atoms with Gasteiger partial charge in [0.1, 0.15) is 0 Å². The zero-order valence-electron chi connectivity index (χ0n) is 10.8. The molecule has 0 aliphatic rings. The Labute approximate surface area is 115 Å². The molecule has 0 bridgehead atoms. The molecule has 19 heavy (non-hydrogen) atoms. The Morgan fingerprint density at radius 1 is 1.37 bits per heavy atom. The van der Waals surface area contributed by atoms with E-state index in [0.29, 0.717) is 12.1 Å². The highest BCUT2D eigenvalue weighted by Gasteiger charge is 2.10. The monoisotopic (exact) mass is 277 g/mol. The molecule has 5 nitrogen and oxygen atoms in total. The maximum Gasteiger partial charge on any atom is 0.272 e. The highest BCUT2D eigenvalue weighted by Crippen LogP contribution is 2.19. The minimum absolute atomic E-state index is 0.174. The number of nitro groups is 1. The average Bonchev–Trinajstić information content (AvgIpc) is 2.77. The fraction of sp³-hybridized carbons (Fsp3) is 0.308. The van der Waals surface area contributed by atoms with Gasteiger partial charge in [-0.25, -0.2) is 4.98 Å². The lowest BCUT2D eigenvalue weighted by Gasteiger charge is -2.05. The summed E-state index contributed by atoms with van der Waals surface area (Å²) in [5.74, 6) is 0. The van der Waals surface area contributed by atoms with Crippen molar-refractivity contribution in [2.75, 3.05) is 0 Å². The lowest BCUT2D eigenvalue weighted by atomic mass is 10.1. The van der Waals surface area contributed by atoms with Crippen LogP contribution in [0.4, 0.5) is 5.69 Å². The second-order valence-corrected chi connectivity index (χ2v) is 5.28. The molecule has 0 saturated carbocycles. The number of thiazole rings is 1. The van der Waals surface area contributed by atoms with Crippen LogP contribution in [0.3, 0.4) is 0 Å². The van der Waals surface area contributed by atoms with Crippen LogP contribution in [0, 0.1) is 24.0 Å². The molecule has 0 radical (unpaired) electrons. The standard InChI is InChI=1S/C13H15N3O2S/c1-9-3-4-11(5-12(9)16(17)18)6-14-7-13-10(2)15-8-19-13/h3-5,8,14H,6-7H2,1-2H3. The van der Waals surface area contributed by atoms with Crippen molar-refractivity contribution in [3.8, 4) is 0 Å². The van der Waals surface area contributed by atoms with Gasteiger partial charge in [0.2, 0.25) is 0 Å². The Morgan fingerprint density at radius 3 is 2.79 bits per heavy atom. The third-order valence-corrected chi connectivity index (χ3v) is 3.86. The summed E-state index contributed by atoms with van der Waals surface area (Å²) in [7, 11) is 0. The zero-order chi connectivity index (χ0) is 13.8. The van der Waals surface area contributed by atoms with Gasteiger partial charge in [0.15, 0.2) is 0 Å². The summed E-state index contributed by atoms with van der Waals surface area (Å²) in [6.45, 7) is 5.07. The molecule has 1 N–H and O–H groups in total. The van der Waals surface area contributed by atoms with Crippen LogP contribution in [0.25, 0.3) is 0 Å². The molecule has 0 spiro atoms. The summed E-state index contributed by atoms with van der Waals surface area (Å²) in [5, 5.41) is 14.1. The molecule has 2 rings (SSSR count). The van der Waals surface area contributed by atoms with Gasteiger partial charge in [-0.1, -0.05) is 12.1 Å². The summed E-state index contributed by atoms with van der Waals surface area (Å²) in [5.41, 5.74) is 4.63. The van der Waals surface area contributed by atoms with Crippen molar-refractivity contribution in [1.29, 1.82) is 0 Å². The number of hydrogen-bond donors (Lipinski definition) is 1. The van der Waals surface area contributed by atoms with Crippen molar-refractivity contribution in [1.82, 2.24) is 10.3 Å². The molecule has 0 unspecified atom stereocenters. The van der Waals surface area contributed by atoms with Crippen LogP contribution < -0.4 is 5.32 Å². The van der Waals surface area contributed by atoms with Crippen LogP contribution in [-0.4, -0.2) is 9.91 Å². The SMILES string of the molecule is Cc1ccc(CNCc2scnc2C)cc1[N+](=O)[O-]. The highest BCUT2D eigenvalue weighted by atomic mass is 32.1. The van der Waals surface area contributed by atoms with Gasteiger partial charge in [0, 0.05) is 29.6 Å². The Hall–Kier alpha value is -1.79. The smallest absolute Gasteiger partial charge is 0.272 e. The molecular weight excluding hydrogens is 262 g/mol. The molecule has 2 aromatic rings. The molecule has 1 heterocycles. The first-order valence-corrected chi connectivity index (χ1v) is 6.79. The van der Waals surface area contributed by atoms with Crippen molar-refractivity contribution in [2.24, 2.45) is 0 Å². The first-order valence-electron chi connectivity index (χ1n) is 5.91. The second-order valence-electron chi connectivity index (χ2n) is 4.34. The summed E-state index contributed by atoms with van der Waals surface area (Å²) >= 11 is 1.61. The van der Waals surface area contributed by atoms with Gasteiger partial charge in [-0.3, -0.25) is 10.1 Å². The van der Waals surface area contributed by atoms with E-state index in [-0.39, 0.29) is 10.6 Å². The van der Waals surface area contributed by atoms with E-state index < -0.39 is 0 Å². The number of hydrogen-bond acceptors (Lipinski definition) is 5. The number of nitrogens with zero attached hydrogens (tertiary/aromatic N) is 2. The molecule has 100 valence electrons. The number of aromatic nitrogens is 1. The first-order chi connectivity index (χ1) is 9.08. The zero-order valence-corrected chi connectivity index (χ0v) is 11.7. The van der Waals surface area contributed by atoms with E-state index in [1.807, 2.05) is 18.5 Å². The quantitative estimate of drug-likeness (QED) is 0.674. The molecule has 1 aromatic heterocycles. The average molecular weight is 277 g/mol. The summed E-state index contributed by atoms with van der Waals surface area (Å²) < 4.78 is 0. The van der Waals surface area contributed by atoms with E-state index in [2.05, 4.69) is 10.3 Å². The normalized spacial score (nSPS) is 10.6. The van der Waals surface area contributed by atoms with Crippen molar-refractivity contribution >= 4 is 17.0 Å².